The summed E-state index contributed by atoms with van der Waals surface area (Å²) in [6.07, 6.45) is 0.0157. The highest BCUT2D eigenvalue weighted by Crippen LogP contribution is 2.27. The summed E-state index contributed by atoms with van der Waals surface area (Å²) in [5.74, 6) is -1.11. The van der Waals surface area contributed by atoms with Crippen LogP contribution in [0.15, 0.2) is 48.5 Å². The Morgan fingerprint density at radius 2 is 1.91 bits per heavy atom. The monoisotopic (exact) mass is 318 g/mol. The molecule has 22 heavy (non-hydrogen) atoms. The number of halogens is 2. The molecule has 0 aromatic heterocycles. The van der Waals surface area contributed by atoms with Crippen molar-refractivity contribution in [3.8, 4) is 0 Å². The van der Waals surface area contributed by atoms with Crippen LogP contribution in [0, 0.1) is 5.82 Å². The van der Waals surface area contributed by atoms with Crippen LogP contribution in [0.25, 0.3) is 0 Å². The van der Waals surface area contributed by atoms with E-state index in [1.807, 2.05) is 0 Å². The van der Waals surface area contributed by atoms with E-state index >= 15 is 0 Å². The summed E-state index contributed by atoms with van der Waals surface area (Å²) in [5, 5.41) is 3.34. The molecule has 0 unspecified atom stereocenters. The van der Waals surface area contributed by atoms with Crippen LogP contribution >= 0.6 is 11.6 Å². The summed E-state index contributed by atoms with van der Waals surface area (Å²) in [7, 11) is 0. The zero-order chi connectivity index (χ0) is 15.7. The van der Waals surface area contributed by atoms with Crippen LogP contribution in [0.1, 0.15) is 6.42 Å². The molecule has 1 saturated heterocycles. The number of benzene rings is 2. The Balaban J connectivity index is 1.82. The quantitative estimate of drug-likeness (QED) is 0.884. The van der Waals surface area contributed by atoms with Gasteiger partial charge >= 0.3 is 0 Å². The molecule has 0 radical (unpaired) electrons. The Hall–Kier alpha value is -2.40. The van der Waals surface area contributed by atoms with Gasteiger partial charge in [-0.15, -0.1) is 0 Å². The molecule has 0 saturated carbocycles. The second kappa shape index (κ2) is 5.77. The van der Waals surface area contributed by atoms with Gasteiger partial charge in [-0.2, -0.15) is 0 Å². The van der Waals surface area contributed by atoms with Gasteiger partial charge in [0.15, 0.2) is 0 Å². The van der Waals surface area contributed by atoms with E-state index in [0.717, 1.165) is 4.90 Å². The molecule has 1 fully saturated rings. The van der Waals surface area contributed by atoms with E-state index < -0.39 is 11.9 Å². The maximum atomic E-state index is 13.2. The van der Waals surface area contributed by atoms with Gasteiger partial charge in [0.05, 0.1) is 12.1 Å². The molecule has 1 aliphatic heterocycles. The maximum Gasteiger partial charge on any atom is 0.256 e. The first-order chi connectivity index (χ1) is 10.5. The van der Waals surface area contributed by atoms with Gasteiger partial charge in [-0.1, -0.05) is 23.7 Å². The summed E-state index contributed by atoms with van der Waals surface area (Å²) in [6.45, 7) is 0. The number of nitrogens with zero attached hydrogens (tertiary/aromatic N) is 1. The molecule has 3 rings (SSSR count). The average molecular weight is 319 g/mol. The molecule has 0 aliphatic carbocycles. The van der Waals surface area contributed by atoms with E-state index in [0.29, 0.717) is 16.4 Å². The van der Waals surface area contributed by atoms with E-state index in [1.54, 1.807) is 30.3 Å². The van der Waals surface area contributed by atoms with Crippen molar-refractivity contribution >= 4 is 34.8 Å². The van der Waals surface area contributed by atoms with Crippen LogP contribution in [-0.2, 0) is 9.59 Å². The fraction of sp³-hybridized carbons (Fsp3) is 0.125. The lowest BCUT2D eigenvalue weighted by atomic mass is 10.2. The summed E-state index contributed by atoms with van der Waals surface area (Å²) < 4.78 is 13.2. The van der Waals surface area contributed by atoms with Gasteiger partial charge < -0.3 is 5.32 Å². The fourth-order valence-corrected chi connectivity index (χ4v) is 2.60. The van der Waals surface area contributed by atoms with Crippen LogP contribution in [0.3, 0.4) is 0 Å². The van der Waals surface area contributed by atoms with E-state index in [-0.39, 0.29) is 18.2 Å². The molecular formula is C16H12ClFN2O2. The lowest BCUT2D eigenvalue weighted by Gasteiger charge is -2.16. The minimum atomic E-state index is -0.715. The molecule has 112 valence electrons. The van der Waals surface area contributed by atoms with Crippen molar-refractivity contribution in [3.63, 3.8) is 0 Å². The Kier molecular flexibility index (Phi) is 3.81. The third-order valence-electron chi connectivity index (χ3n) is 3.38. The van der Waals surface area contributed by atoms with Gasteiger partial charge in [-0.25, -0.2) is 9.29 Å². The number of hydrogen-bond donors (Lipinski definition) is 1. The Morgan fingerprint density at radius 1 is 1.14 bits per heavy atom. The molecule has 0 bridgehead atoms. The van der Waals surface area contributed by atoms with E-state index in [4.69, 9.17) is 11.6 Å². The van der Waals surface area contributed by atoms with Gasteiger partial charge in [-0.3, -0.25) is 9.59 Å². The SMILES string of the molecule is O=C1C[C@@H](Nc2cccc(F)c2)C(=O)N1c1cccc(Cl)c1. The second-order valence-electron chi connectivity index (χ2n) is 4.96. The molecule has 4 nitrogen and oxygen atoms in total. The minimum Gasteiger partial charge on any atom is -0.373 e. The van der Waals surface area contributed by atoms with Crippen molar-refractivity contribution in [1.29, 1.82) is 0 Å². The topological polar surface area (TPSA) is 49.4 Å². The number of imide groups is 1. The predicted octanol–water partition coefficient (Wildman–Crippen LogP) is 3.22. The van der Waals surface area contributed by atoms with Gasteiger partial charge in [-0.05, 0) is 36.4 Å². The highest BCUT2D eigenvalue weighted by atomic mass is 35.5. The summed E-state index contributed by atoms with van der Waals surface area (Å²) in [6, 6.07) is 11.6. The first kappa shape index (κ1) is 14.5. The largest absolute Gasteiger partial charge is 0.373 e. The highest BCUT2D eigenvalue weighted by molar-refractivity contribution is 6.31. The van der Waals surface area contributed by atoms with Crippen molar-refractivity contribution in [2.75, 3.05) is 10.2 Å². The number of nitrogens with one attached hydrogen (secondary N) is 1. The zero-order valence-corrected chi connectivity index (χ0v) is 12.2. The van der Waals surface area contributed by atoms with E-state index in [9.17, 15) is 14.0 Å². The van der Waals surface area contributed by atoms with Crippen LogP contribution in [0.5, 0.6) is 0 Å². The van der Waals surface area contributed by atoms with E-state index in [2.05, 4.69) is 5.32 Å². The van der Waals surface area contributed by atoms with Crippen LogP contribution in [0.4, 0.5) is 15.8 Å². The number of carbonyl (C=O) groups is 2. The van der Waals surface area contributed by atoms with Crippen LogP contribution in [0.2, 0.25) is 5.02 Å². The Bertz CT molecular complexity index is 750. The molecule has 2 amide bonds. The molecule has 6 heteroatoms. The molecule has 1 atom stereocenters. The Morgan fingerprint density at radius 3 is 2.64 bits per heavy atom. The summed E-state index contributed by atoms with van der Waals surface area (Å²) in [4.78, 5) is 25.6. The van der Waals surface area contributed by atoms with E-state index in [1.165, 1.54) is 18.2 Å². The number of hydrogen-bond acceptors (Lipinski definition) is 3. The molecular weight excluding hydrogens is 307 g/mol. The van der Waals surface area contributed by atoms with Crippen molar-refractivity contribution < 1.29 is 14.0 Å². The normalized spacial score (nSPS) is 17.9. The lowest BCUT2D eigenvalue weighted by Crippen LogP contribution is -2.34. The molecule has 2 aromatic carbocycles. The van der Waals surface area contributed by atoms with Crippen molar-refractivity contribution in [1.82, 2.24) is 0 Å². The van der Waals surface area contributed by atoms with Crippen LogP contribution in [-0.4, -0.2) is 17.9 Å². The van der Waals surface area contributed by atoms with Crippen molar-refractivity contribution in [2.45, 2.75) is 12.5 Å². The average Bonchev–Trinajstić information content (AvgIpc) is 2.73. The fourth-order valence-electron chi connectivity index (χ4n) is 2.41. The third-order valence-corrected chi connectivity index (χ3v) is 3.61. The van der Waals surface area contributed by atoms with Gasteiger partial charge in [0.2, 0.25) is 5.91 Å². The summed E-state index contributed by atoms with van der Waals surface area (Å²) >= 11 is 5.90. The highest BCUT2D eigenvalue weighted by Gasteiger charge is 2.39. The molecule has 1 aliphatic rings. The number of amides is 2. The van der Waals surface area contributed by atoms with Crippen LogP contribution < -0.4 is 10.2 Å². The number of anilines is 2. The second-order valence-corrected chi connectivity index (χ2v) is 5.40. The standard InChI is InChI=1S/C16H12ClFN2O2/c17-10-3-1-6-13(7-10)20-15(21)9-14(16(20)22)19-12-5-2-4-11(18)8-12/h1-8,14,19H,9H2/t14-/m1/s1. The van der Waals surface area contributed by atoms with Crippen molar-refractivity contribution in [2.24, 2.45) is 0 Å². The first-order valence-corrected chi connectivity index (χ1v) is 7.07. The number of carbonyl (C=O) groups excluding carboxylic acids is 2. The lowest BCUT2D eigenvalue weighted by molar-refractivity contribution is -0.121. The molecule has 1 N–H and O–H groups in total. The number of rotatable bonds is 3. The molecule has 2 aromatic rings. The van der Waals surface area contributed by atoms with Crippen molar-refractivity contribution in [3.05, 3.63) is 59.4 Å². The van der Waals surface area contributed by atoms with Gasteiger partial charge in [0.25, 0.3) is 5.91 Å². The smallest absolute Gasteiger partial charge is 0.256 e. The minimum absolute atomic E-state index is 0.0157. The predicted molar refractivity (Wildman–Crippen MR) is 82.4 cm³/mol. The maximum absolute atomic E-state index is 13.2. The molecule has 0 spiro atoms. The molecule has 1 heterocycles. The summed E-state index contributed by atoms with van der Waals surface area (Å²) in [5.41, 5.74) is 0.894. The van der Waals surface area contributed by atoms with Gasteiger partial charge in [0.1, 0.15) is 11.9 Å². The third kappa shape index (κ3) is 2.80. The Labute approximate surface area is 131 Å². The zero-order valence-electron chi connectivity index (χ0n) is 11.4. The first-order valence-electron chi connectivity index (χ1n) is 6.69. The van der Waals surface area contributed by atoms with Gasteiger partial charge in [0, 0.05) is 10.7 Å².